The molecule has 1 fully saturated rings. The molecule has 37 heavy (non-hydrogen) atoms. The Bertz CT molecular complexity index is 1510. The lowest BCUT2D eigenvalue weighted by molar-refractivity contribution is 0.283. The number of rotatable bonds is 5. The molecule has 0 unspecified atom stereocenters. The van der Waals surface area contributed by atoms with E-state index in [0.29, 0.717) is 10.9 Å². The number of hydrogen-bond acceptors (Lipinski definition) is 4. The summed E-state index contributed by atoms with van der Waals surface area (Å²) in [5.41, 5.74) is 5.85. The largest absolute Gasteiger partial charge is 0.497 e. The SMILES string of the molecule is COc1ccc(-n2c(SCc3ccccc3Cl)nc3c(c2=O)C2(CCCCC2)Cc2ccccc2-3)cc1. The summed E-state index contributed by atoms with van der Waals surface area (Å²) in [4.78, 5) is 19.9. The average Bonchev–Trinajstić information content (AvgIpc) is 2.93. The van der Waals surface area contributed by atoms with E-state index < -0.39 is 0 Å². The second-order valence-electron chi connectivity index (χ2n) is 10.0. The van der Waals surface area contributed by atoms with Gasteiger partial charge in [-0.05, 0) is 60.7 Å². The van der Waals surface area contributed by atoms with Gasteiger partial charge in [0.05, 0.1) is 24.1 Å². The van der Waals surface area contributed by atoms with Crippen molar-refractivity contribution in [2.24, 2.45) is 0 Å². The van der Waals surface area contributed by atoms with Gasteiger partial charge in [-0.2, -0.15) is 0 Å². The first kappa shape index (κ1) is 24.3. The van der Waals surface area contributed by atoms with Crippen molar-refractivity contribution in [3.63, 3.8) is 0 Å². The maximum absolute atomic E-state index is 14.6. The lowest BCUT2D eigenvalue weighted by Crippen LogP contribution is -2.42. The van der Waals surface area contributed by atoms with Gasteiger partial charge in [0.2, 0.25) is 0 Å². The minimum atomic E-state index is -0.161. The Labute approximate surface area is 226 Å². The van der Waals surface area contributed by atoms with Crippen LogP contribution in [0.3, 0.4) is 0 Å². The molecule has 6 rings (SSSR count). The summed E-state index contributed by atoms with van der Waals surface area (Å²) in [6.07, 6.45) is 6.48. The molecule has 4 nitrogen and oxygen atoms in total. The molecule has 0 aliphatic heterocycles. The van der Waals surface area contributed by atoms with E-state index in [1.807, 2.05) is 53.1 Å². The molecule has 0 amide bonds. The molecule has 2 aliphatic carbocycles. The fourth-order valence-corrected chi connectivity index (χ4v) is 7.29. The summed E-state index contributed by atoms with van der Waals surface area (Å²) in [7, 11) is 1.65. The van der Waals surface area contributed by atoms with Crippen molar-refractivity contribution in [3.05, 3.63) is 105 Å². The zero-order valence-electron chi connectivity index (χ0n) is 20.9. The van der Waals surface area contributed by atoms with Crippen LogP contribution in [0, 0.1) is 0 Å². The predicted octanol–water partition coefficient (Wildman–Crippen LogP) is 7.61. The molecule has 1 spiro atoms. The highest BCUT2D eigenvalue weighted by molar-refractivity contribution is 7.98. The lowest BCUT2D eigenvalue weighted by atomic mass is 9.62. The molecular weight excluding hydrogens is 500 g/mol. The van der Waals surface area contributed by atoms with E-state index in [-0.39, 0.29) is 11.0 Å². The van der Waals surface area contributed by atoms with Crippen LogP contribution in [0.25, 0.3) is 16.9 Å². The molecule has 3 aromatic carbocycles. The van der Waals surface area contributed by atoms with Gasteiger partial charge >= 0.3 is 0 Å². The Morgan fingerprint density at radius 1 is 0.973 bits per heavy atom. The molecule has 188 valence electrons. The van der Waals surface area contributed by atoms with Crippen molar-refractivity contribution in [2.45, 2.75) is 54.8 Å². The van der Waals surface area contributed by atoms with Gasteiger partial charge in [0.1, 0.15) is 5.75 Å². The van der Waals surface area contributed by atoms with Crippen LogP contribution < -0.4 is 10.3 Å². The molecule has 0 atom stereocenters. The Morgan fingerprint density at radius 3 is 2.46 bits per heavy atom. The first-order chi connectivity index (χ1) is 18.1. The molecule has 6 heteroatoms. The fourth-order valence-electron chi connectivity index (χ4n) is 6.00. The van der Waals surface area contributed by atoms with Crippen LogP contribution in [0.5, 0.6) is 5.75 Å². The third-order valence-corrected chi connectivity index (χ3v) is 9.20. The quantitative estimate of drug-likeness (QED) is 0.197. The summed E-state index contributed by atoms with van der Waals surface area (Å²) < 4.78 is 7.19. The zero-order chi connectivity index (χ0) is 25.4. The van der Waals surface area contributed by atoms with Crippen LogP contribution >= 0.6 is 23.4 Å². The summed E-state index contributed by atoms with van der Waals surface area (Å²) in [5.74, 6) is 1.37. The third kappa shape index (κ3) is 4.38. The summed E-state index contributed by atoms with van der Waals surface area (Å²) in [6.45, 7) is 0. The Morgan fingerprint density at radius 2 is 1.70 bits per heavy atom. The average molecular weight is 529 g/mol. The normalized spacial score (nSPS) is 15.7. The summed E-state index contributed by atoms with van der Waals surface area (Å²) in [6, 6.07) is 24.0. The monoisotopic (exact) mass is 528 g/mol. The Balaban J connectivity index is 1.57. The number of aromatic nitrogens is 2. The van der Waals surface area contributed by atoms with E-state index in [1.54, 1.807) is 18.9 Å². The van der Waals surface area contributed by atoms with Gasteiger partial charge in [0, 0.05) is 21.8 Å². The predicted molar refractivity (Wildman–Crippen MR) is 151 cm³/mol. The number of fused-ring (bicyclic) bond motifs is 4. The second kappa shape index (κ2) is 10.0. The zero-order valence-corrected chi connectivity index (χ0v) is 22.4. The number of methoxy groups -OCH3 is 1. The van der Waals surface area contributed by atoms with Gasteiger partial charge in [0.15, 0.2) is 5.16 Å². The minimum absolute atomic E-state index is 0.0493. The molecule has 4 aromatic rings. The number of thioether (sulfide) groups is 1. The van der Waals surface area contributed by atoms with Crippen molar-refractivity contribution in [2.75, 3.05) is 7.11 Å². The summed E-state index contributed by atoms with van der Waals surface area (Å²) >= 11 is 8.03. The molecule has 1 heterocycles. The first-order valence-corrected chi connectivity index (χ1v) is 14.2. The van der Waals surface area contributed by atoms with Gasteiger partial charge in [-0.15, -0.1) is 0 Å². The maximum atomic E-state index is 14.6. The molecule has 1 aromatic heterocycles. The van der Waals surface area contributed by atoms with Gasteiger partial charge in [0.25, 0.3) is 5.56 Å². The highest BCUT2D eigenvalue weighted by Crippen LogP contribution is 2.49. The third-order valence-electron chi connectivity index (χ3n) is 7.84. The van der Waals surface area contributed by atoms with Gasteiger partial charge in [-0.25, -0.2) is 4.98 Å². The van der Waals surface area contributed by atoms with Gasteiger partial charge < -0.3 is 4.74 Å². The van der Waals surface area contributed by atoms with Crippen LogP contribution in [0.1, 0.15) is 48.8 Å². The van der Waals surface area contributed by atoms with E-state index in [2.05, 4.69) is 24.3 Å². The van der Waals surface area contributed by atoms with Crippen molar-refractivity contribution >= 4 is 23.4 Å². The van der Waals surface area contributed by atoms with Crippen molar-refractivity contribution in [1.29, 1.82) is 0 Å². The van der Waals surface area contributed by atoms with Crippen LogP contribution in [-0.2, 0) is 17.6 Å². The molecule has 2 aliphatic rings. The van der Waals surface area contributed by atoms with E-state index in [9.17, 15) is 4.79 Å². The van der Waals surface area contributed by atoms with Crippen molar-refractivity contribution in [3.8, 4) is 22.7 Å². The molecule has 0 N–H and O–H groups in total. The number of nitrogens with zero attached hydrogens (tertiary/aromatic N) is 2. The van der Waals surface area contributed by atoms with Gasteiger partial charge in [-0.1, -0.05) is 85.1 Å². The Hall–Kier alpha value is -3.02. The van der Waals surface area contributed by atoms with Gasteiger partial charge in [-0.3, -0.25) is 9.36 Å². The topological polar surface area (TPSA) is 44.1 Å². The lowest BCUT2D eigenvalue weighted by Gasteiger charge is -2.42. The van der Waals surface area contributed by atoms with Crippen LogP contribution in [-0.4, -0.2) is 16.7 Å². The number of benzene rings is 3. The molecule has 1 saturated carbocycles. The maximum Gasteiger partial charge on any atom is 0.263 e. The number of hydrogen-bond donors (Lipinski definition) is 0. The van der Waals surface area contributed by atoms with E-state index in [1.165, 1.54) is 12.0 Å². The summed E-state index contributed by atoms with van der Waals surface area (Å²) in [5, 5.41) is 1.40. The standard InChI is InChI=1S/C31H29ClN2O2S/c1-36-24-15-13-23(14-16-24)34-29(35)27-28(33-30(34)37-20-22-10-4-6-12-26(22)32)25-11-5-3-9-21(25)19-31(27)17-7-2-8-18-31/h3-6,9-16H,2,7-8,17-20H2,1H3. The van der Waals surface area contributed by atoms with E-state index in [4.69, 9.17) is 21.3 Å². The molecule has 0 saturated heterocycles. The van der Waals surface area contributed by atoms with E-state index >= 15 is 0 Å². The smallest absolute Gasteiger partial charge is 0.263 e. The highest BCUT2D eigenvalue weighted by Gasteiger charge is 2.43. The highest BCUT2D eigenvalue weighted by atomic mass is 35.5. The van der Waals surface area contributed by atoms with Crippen molar-refractivity contribution in [1.82, 2.24) is 9.55 Å². The molecular formula is C31H29ClN2O2S. The fraction of sp³-hybridized carbons (Fsp3) is 0.290. The van der Waals surface area contributed by atoms with E-state index in [0.717, 1.165) is 70.9 Å². The second-order valence-corrected chi connectivity index (χ2v) is 11.4. The van der Waals surface area contributed by atoms with Crippen LogP contribution in [0.15, 0.2) is 82.7 Å². The first-order valence-electron chi connectivity index (χ1n) is 12.9. The molecule has 0 bridgehead atoms. The number of ether oxygens (including phenoxy) is 1. The van der Waals surface area contributed by atoms with Crippen molar-refractivity contribution < 1.29 is 4.74 Å². The molecule has 0 radical (unpaired) electrons. The number of halogens is 1. The Kier molecular flexibility index (Phi) is 6.60. The van der Waals surface area contributed by atoms with Crippen LogP contribution in [0.4, 0.5) is 0 Å². The van der Waals surface area contributed by atoms with Crippen LogP contribution in [0.2, 0.25) is 5.02 Å². The minimum Gasteiger partial charge on any atom is -0.497 e.